The van der Waals surface area contributed by atoms with Gasteiger partial charge in [0.1, 0.15) is 0 Å². The van der Waals surface area contributed by atoms with Crippen molar-refractivity contribution in [3.63, 3.8) is 0 Å². The third-order valence-corrected chi connectivity index (χ3v) is 3.87. The lowest BCUT2D eigenvalue weighted by molar-refractivity contribution is 0.0573. The Morgan fingerprint density at radius 3 is 2.53 bits per heavy atom. The zero-order chi connectivity index (χ0) is 13.8. The monoisotopic (exact) mass is 282 g/mol. The molecule has 2 rings (SSSR count). The Kier molecular flexibility index (Phi) is 4.71. The Hall–Kier alpha value is -1.20. The molecule has 0 bridgehead atoms. The van der Waals surface area contributed by atoms with Crippen LogP contribution in [-0.2, 0) is 0 Å². The normalized spacial score (nSPS) is 18.4. The summed E-state index contributed by atoms with van der Waals surface area (Å²) in [5.41, 5.74) is 0.362. The maximum absolute atomic E-state index is 12.2. The summed E-state index contributed by atoms with van der Waals surface area (Å²) in [6, 6.07) is 3.79. The third-order valence-electron chi connectivity index (χ3n) is 3.67. The highest BCUT2D eigenvalue weighted by atomic mass is 35.5. The van der Waals surface area contributed by atoms with Crippen molar-refractivity contribution in [2.24, 2.45) is 0 Å². The Morgan fingerprint density at radius 2 is 2.00 bits per heavy atom. The molecule has 104 valence electrons. The van der Waals surface area contributed by atoms with Gasteiger partial charge in [-0.1, -0.05) is 18.5 Å². The molecule has 1 aliphatic heterocycles. The Morgan fingerprint density at radius 1 is 1.32 bits per heavy atom. The molecule has 1 aromatic rings. The molecule has 1 aromatic heterocycles. The molecule has 1 aliphatic rings. The molecular weight excluding hydrogens is 264 g/mol. The summed E-state index contributed by atoms with van der Waals surface area (Å²) in [6.07, 6.45) is 1.14. The fraction of sp³-hybridized carbons (Fsp3) is 0.615. The number of hydrogen-bond donors (Lipinski definition) is 0. The molecule has 1 fully saturated rings. The maximum atomic E-state index is 12.2. The summed E-state index contributed by atoms with van der Waals surface area (Å²) >= 11 is 5.67. The van der Waals surface area contributed by atoms with E-state index in [0.29, 0.717) is 16.9 Å². The van der Waals surface area contributed by atoms with Crippen LogP contribution >= 0.6 is 11.6 Å². The molecule has 1 saturated heterocycles. The van der Waals surface area contributed by atoms with Crippen molar-refractivity contribution in [2.45, 2.75) is 26.3 Å². The van der Waals surface area contributed by atoms with Crippen LogP contribution in [0.2, 0.25) is 5.15 Å². The summed E-state index contributed by atoms with van der Waals surface area (Å²) < 4.78 is 0. The molecule has 6 heteroatoms. The molecule has 0 N–H and O–H groups in total. The Labute approximate surface area is 118 Å². The standard InChI is InChI=1S/C13H19ClN4O/c1-3-10(2)17-6-8-18(9-7-17)13(19)11-4-5-12(14)16-15-11/h4-5,10H,3,6-9H2,1-2H3. The summed E-state index contributed by atoms with van der Waals surface area (Å²) in [4.78, 5) is 16.5. The molecule has 0 aromatic carbocycles. The van der Waals surface area contributed by atoms with Crippen LogP contribution in [0.1, 0.15) is 30.8 Å². The van der Waals surface area contributed by atoms with E-state index in [1.165, 1.54) is 0 Å². The minimum atomic E-state index is -0.0621. The second kappa shape index (κ2) is 6.30. The van der Waals surface area contributed by atoms with E-state index in [0.717, 1.165) is 32.6 Å². The first-order chi connectivity index (χ1) is 9.11. The Balaban J connectivity index is 1.94. The van der Waals surface area contributed by atoms with Gasteiger partial charge in [-0.25, -0.2) is 0 Å². The largest absolute Gasteiger partial charge is 0.335 e. The van der Waals surface area contributed by atoms with Gasteiger partial charge < -0.3 is 4.90 Å². The summed E-state index contributed by atoms with van der Waals surface area (Å²) in [7, 11) is 0. The SMILES string of the molecule is CCC(C)N1CCN(C(=O)c2ccc(Cl)nn2)CC1. The van der Waals surface area contributed by atoms with Gasteiger partial charge in [0.05, 0.1) is 0 Å². The number of carbonyl (C=O) groups is 1. The van der Waals surface area contributed by atoms with Crippen LogP contribution in [0.25, 0.3) is 0 Å². The number of aromatic nitrogens is 2. The third kappa shape index (κ3) is 3.42. The minimum Gasteiger partial charge on any atom is -0.335 e. The highest BCUT2D eigenvalue weighted by Crippen LogP contribution is 2.11. The van der Waals surface area contributed by atoms with Gasteiger partial charge in [-0.2, -0.15) is 0 Å². The summed E-state index contributed by atoms with van der Waals surface area (Å²) in [6.45, 7) is 7.73. The van der Waals surface area contributed by atoms with Crippen molar-refractivity contribution in [1.82, 2.24) is 20.0 Å². The first-order valence-corrected chi connectivity index (χ1v) is 7.02. The summed E-state index contributed by atoms with van der Waals surface area (Å²) in [5.74, 6) is -0.0621. The Bertz CT molecular complexity index is 429. The first-order valence-electron chi connectivity index (χ1n) is 6.64. The van der Waals surface area contributed by atoms with Gasteiger partial charge >= 0.3 is 0 Å². The number of carbonyl (C=O) groups excluding carboxylic acids is 1. The first kappa shape index (κ1) is 14.2. The van der Waals surface area contributed by atoms with Crippen LogP contribution in [0.4, 0.5) is 0 Å². The van der Waals surface area contributed by atoms with Crippen molar-refractivity contribution in [1.29, 1.82) is 0 Å². The lowest BCUT2D eigenvalue weighted by atomic mass is 10.2. The van der Waals surface area contributed by atoms with Gasteiger partial charge in [0.15, 0.2) is 10.8 Å². The maximum Gasteiger partial charge on any atom is 0.274 e. The smallest absolute Gasteiger partial charge is 0.274 e. The van der Waals surface area contributed by atoms with Crippen molar-refractivity contribution in [3.05, 3.63) is 23.0 Å². The second-order valence-electron chi connectivity index (χ2n) is 4.83. The van der Waals surface area contributed by atoms with Crippen molar-refractivity contribution in [2.75, 3.05) is 26.2 Å². The van der Waals surface area contributed by atoms with Crippen LogP contribution in [0.3, 0.4) is 0 Å². The van der Waals surface area contributed by atoms with E-state index in [4.69, 9.17) is 11.6 Å². The van der Waals surface area contributed by atoms with Crippen molar-refractivity contribution >= 4 is 17.5 Å². The highest BCUT2D eigenvalue weighted by molar-refractivity contribution is 6.29. The van der Waals surface area contributed by atoms with E-state index in [9.17, 15) is 4.79 Å². The number of nitrogens with zero attached hydrogens (tertiary/aromatic N) is 4. The average Bonchev–Trinajstić information content (AvgIpc) is 2.46. The van der Waals surface area contributed by atoms with Crippen LogP contribution in [0.15, 0.2) is 12.1 Å². The van der Waals surface area contributed by atoms with E-state index in [1.54, 1.807) is 12.1 Å². The van der Waals surface area contributed by atoms with Crippen molar-refractivity contribution < 1.29 is 4.79 Å². The second-order valence-corrected chi connectivity index (χ2v) is 5.21. The van der Waals surface area contributed by atoms with Gasteiger partial charge in [0, 0.05) is 32.2 Å². The number of amides is 1. The number of piperazine rings is 1. The lowest BCUT2D eigenvalue weighted by Gasteiger charge is -2.37. The van der Waals surface area contributed by atoms with Crippen molar-refractivity contribution in [3.8, 4) is 0 Å². The van der Waals surface area contributed by atoms with Gasteiger partial charge in [-0.3, -0.25) is 9.69 Å². The summed E-state index contributed by atoms with van der Waals surface area (Å²) in [5, 5.41) is 7.85. The van der Waals surface area contributed by atoms with E-state index in [-0.39, 0.29) is 5.91 Å². The van der Waals surface area contributed by atoms with Crippen LogP contribution < -0.4 is 0 Å². The molecule has 19 heavy (non-hydrogen) atoms. The topological polar surface area (TPSA) is 49.3 Å². The minimum absolute atomic E-state index is 0.0621. The predicted molar refractivity (Wildman–Crippen MR) is 74.3 cm³/mol. The van der Waals surface area contributed by atoms with E-state index in [1.807, 2.05) is 4.90 Å². The molecule has 5 nitrogen and oxygen atoms in total. The van der Waals surface area contributed by atoms with Gasteiger partial charge in [-0.05, 0) is 25.5 Å². The molecular formula is C13H19ClN4O. The number of rotatable bonds is 3. The molecule has 0 spiro atoms. The van der Waals surface area contributed by atoms with E-state index >= 15 is 0 Å². The number of hydrogen-bond acceptors (Lipinski definition) is 4. The average molecular weight is 283 g/mol. The van der Waals surface area contributed by atoms with Crippen LogP contribution in [0.5, 0.6) is 0 Å². The van der Waals surface area contributed by atoms with Gasteiger partial charge in [0.2, 0.25) is 0 Å². The lowest BCUT2D eigenvalue weighted by Crippen LogP contribution is -2.51. The number of halogens is 1. The molecule has 0 aliphatic carbocycles. The van der Waals surface area contributed by atoms with E-state index < -0.39 is 0 Å². The van der Waals surface area contributed by atoms with Crippen LogP contribution in [-0.4, -0.2) is 58.1 Å². The zero-order valence-corrected chi connectivity index (χ0v) is 12.1. The van der Waals surface area contributed by atoms with Gasteiger partial charge in [0.25, 0.3) is 5.91 Å². The quantitative estimate of drug-likeness (QED) is 0.846. The fourth-order valence-corrected chi connectivity index (χ4v) is 2.32. The molecule has 1 unspecified atom stereocenters. The molecule has 2 heterocycles. The highest BCUT2D eigenvalue weighted by Gasteiger charge is 2.24. The molecule has 0 radical (unpaired) electrons. The molecule has 1 amide bonds. The fourth-order valence-electron chi connectivity index (χ4n) is 2.22. The molecule has 0 saturated carbocycles. The predicted octanol–water partition coefficient (Wildman–Crippen LogP) is 1.69. The van der Waals surface area contributed by atoms with E-state index in [2.05, 4.69) is 28.9 Å². The zero-order valence-electron chi connectivity index (χ0n) is 11.3. The van der Waals surface area contributed by atoms with Gasteiger partial charge in [-0.15, -0.1) is 10.2 Å². The van der Waals surface area contributed by atoms with Crippen LogP contribution in [0, 0.1) is 0 Å². The molecule has 1 atom stereocenters.